The molecule has 0 heterocycles. The second kappa shape index (κ2) is 6.59. The number of halogens is 2. The summed E-state index contributed by atoms with van der Waals surface area (Å²) >= 11 is 9.29. The molecule has 1 N–H and O–H groups in total. The number of carbonyl (C=O) groups excluding carboxylic acids is 1. The average Bonchev–Trinajstić information content (AvgIpc) is 2.42. The maximum absolute atomic E-state index is 10.5. The number of nitrogens with one attached hydrogen (secondary N) is 1. The Morgan fingerprint density at radius 2 is 2.05 bits per heavy atom. The molecule has 3 nitrogen and oxygen atoms in total. The third kappa shape index (κ3) is 3.72. The van der Waals surface area contributed by atoms with Crippen molar-refractivity contribution in [3.8, 4) is 5.75 Å². The Morgan fingerprint density at radius 1 is 1.26 bits per heavy atom. The van der Waals surface area contributed by atoms with Crippen LogP contribution in [0, 0.1) is 0 Å². The highest BCUT2D eigenvalue weighted by Crippen LogP contribution is 2.26. The van der Waals surface area contributed by atoms with Crippen LogP contribution in [0.3, 0.4) is 0 Å². The Morgan fingerprint density at radius 3 is 2.79 bits per heavy atom. The second-order valence-corrected chi connectivity index (χ2v) is 5.06. The van der Waals surface area contributed by atoms with Gasteiger partial charge in [-0.2, -0.15) is 0 Å². The first-order chi connectivity index (χ1) is 9.20. The fraction of sp³-hybridized carbons (Fsp3) is 0.0714. The highest BCUT2D eigenvalue weighted by molar-refractivity contribution is 9.10. The van der Waals surface area contributed by atoms with E-state index in [0.29, 0.717) is 29.5 Å². The number of anilines is 1. The van der Waals surface area contributed by atoms with Crippen molar-refractivity contribution in [2.45, 2.75) is 6.61 Å². The maximum atomic E-state index is 10.5. The van der Waals surface area contributed by atoms with E-state index in [0.717, 1.165) is 10.0 Å². The molecule has 0 saturated carbocycles. The third-order valence-corrected chi connectivity index (χ3v) is 3.69. The minimum atomic E-state index is 0.396. The molecule has 0 fully saturated rings. The largest absolute Gasteiger partial charge is 0.487 e. The van der Waals surface area contributed by atoms with Gasteiger partial charge in [-0.3, -0.25) is 4.79 Å². The Labute approximate surface area is 124 Å². The van der Waals surface area contributed by atoms with Gasteiger partial charge < -0.3 is 10.1 Å². The first-order valence-corrected chi connectivity index (χ1v) is 6.74. The van der Waals surface area contributed by atoms with Gasteiger partial charge in [0.25, 0.3) is 0 Å². The van der Waals surface area contributed by atoms with Crippen LogP contribution < -0.4 is 10.1 Å². The van der Waals surface area contributed by atoms with Gasteiger partial charge in [0, 0.05) is 4.47 Å². The molecule has 98 valence electrons. The number of carbonyl (C=O) groups is 1. The van der Waals surface area contributed by atoms with Gasteiger partial charge in [-0.05, 0) is 45.8 Å². The topological polar surface area (TPSA) is 38.3 Å². The lowest BCUT2D eigenvalue weighted by atomic mass is 10.2. The molecule has 19 heavy (non-hydrogen) atoms. The summed E-state index contributed by atoms with van der Waals surface area (Å²) in [5, 5.41) is 3.26. The molecular formula is C14H11BrClNO2. The lowest BCUT2D eigenvalue weighted by Gasteiger charge is -2.10. The van der Waals surface area contributed by atoms with Crippen LogP contribution in [0.1, 0.15) is 5.56 Å². The van der Waals surface area contributed by atoms with E-state index in [1.807, 2.05) is 24.3 Å². The first-order valence-electron chi connectivity index (χ1n) is 5.56. The summed E-state index contributed by atoms with van der Waals surface area (Å²) in [6, 6.07) is 12.9. The van der Waals surface area contributed by atoms with Gasteiger partial charge in [0.15, 0.2) is 0 Å². The van der Waals surface area contributed by atoms with E-state index in [1.54, 1.807) is 18.2 Å². The number of para-hydroxylation sites is 2. The van der Waals surface area contributed by atoms with Crippen LogP contribution in [0.5, 0.6) is 5.75 Å². The molecule has 1 amide bonds. The summed E-state index contributed by atoms with van der Waals surface area (Å²) in [7, 11) is 0. The summed E-state index contributed by atoms with van der Waals surface area (Å²) < 4.78 is 6.51. The van der Waals surface area contributed by atoms with Crippen molar-refractivity contribution in [2.24, 2.45) is 0 Å². The fourth-order valence-corrected chi connectivity index (χ4v) is 2.11. The van der Waals surface area contributed by atoms with Gasteiger partial charge in [0.2, 0.25) is 6.41 Å². The summed E-state index contributed by atoms with van der Waals surface area (Å²) in [4.78, 5) is 10.5. The minimum absolute atomic E-state index is 0.396. The Kier molecular flexibility index (Phi) is 4.82. The molecule has 0 bridgehead atoms. The van der Waals surface area contributed by atoms with Gasteiger partial charge >= 0.3 is 0 Å². The third-order valence-electron chi connectivity index (χ3n) is 2.48. The van der Waals surface area contributed by atoms with E-state index < -0.39 is 0 Å². The van der Waals surface area contributed by atoms with Crippen LogP contribution in [0.25, 0.3) is 0 Å². The van der Waals surface area contributed by atoms with Crippen LogP contribution in [-0.4, -0.2) is 6.41 Å². The van der Waals surface area contributed by atoms with E-state index in [-0.39, 0.29) is 0 Å². The van der Waals surface area contributed by atoms with E-state index in [9.17, 15) is 4.79 Å². The number of hydrogen-bond acceptors (Lipinski definition) is 2. The molecular weight excluding hydrogens is 330 g/mol. The van der Waals surface area contributed by atoms with Crippen LogP contribution in [0.15, 0.2) is 46.9 Å². The molecule has 2 rings (SSSR count). The predicted molar refractivity (Wildman–Crippen MR) is 79.6 cm³/mol. The Hall–Kier alpha value is -1.52. The van der Waals surface area contributed by atoms with Crippen molar-refractivity contribution < 1.29 is 9.53 Å². The molecule has 0 atom stereocenters. The molecule has 0 aliphatic carbocycles. The molecule has 0 aliphatic rings. The van der Waals surface area contributed by atoms with E-state index in [1.165, 1.54) is 0 Å². The average molecular weight is 341 g/mol. The van der Waals surface area contributed by atoms with E-state index in [4.69, 9.17) is 16.3 Å². The van der Waals surface area contributed by atoms with Crippen molar-refractivity contribution in [3.63, 3.8) is 0 Å². The molecule has 0 spiro atoms. The fourth-order valence-electron chi connectivity index (χ4n) is 1.57. The van der Waals surface area contributed by atoms with Gasteiger partial charge in [0.05, 0.1) is 10.7 Å². The Bertz CT molecular complexity index is 589. The molecule has 0 unspecified atom stereocenters. The molecule has 5 heteroatoms. The zero-order valence-electron chi connectivity index (χ0n) is 9.90. The van der Waals surface area contributed by atoms with E-state index >= 15 is 0 Å². The molecule has 2 aromatic rings. The number of hydrogen-bond donors (Lipinski definition) is 1. The van der Waals surface area contributed by atoms with Crippen molar-refractivity contribution in [2.75, 3.05) is 5.32 Å². The standard InChI is InChI=1S/C14H11BrClNO2/c15-11-7-10(5-6-12(11)16)8-19-14-4-2-1-3-13(14)17-9-18/h1-7,9H,8H2,(H,17,18). The van der Waals surface area contributed by atoms with Crippen molar-refractivity contribution in [1.29, 1.82) is 0 Å². The number of benzene rings is 2. The number of rotatable bonds is 5. The maximum Gasteiger partial charge on any atom is 0.211 e. The molecule has 0 aromatic heterocycles. The van der Waals surface area contributed by atoms with Crippen LogP contribution in [0.4, 0.5) is 5.69 Å². The zero-order valence-corrected chi connectivity index (χ0v) is 12.2. The Balaban J connectivity index is 2.09. The number of ether oxygens (including phenoxy) is 1. The molecule has 2 aromatic carbocycles. The normalized spacial score (nSPS) is 10.0. The minimum Gasteiger partial charge on any atom is -0.487 e. The summed E-state index contributed by atoms with van der Waals surface area (Å²) in [6.07, 6.45) is 0.626. The van der Waals surface area contributed by atoms with Gasteiger partial charge in [0.1, 0.15) is 12.4 Å². The second-order valence-electron chi connectivity index (χ2n) is 3.80. The van der Waals surface area contributed by atoms with Gasteiger partial charge in [-0.15, -0.1) is 0 Å². The molecule has 0 aliphatic heterocycles. The van der Waals surface area contributed by atoms with Crippen LogP contribution in [-0.2, 0) is 11.4 Å². The lowest BCUT2D eigenvalue weighted by Crippen LogP contribution is -2.00. The summed E-state index contributed by atoms with van der Waals surface area (Å²) in [5.41, 5.74) is 1.63. The molecule has 0 saturated heterocycles. The SMILES string of the molecule is O=CNc1ccccc1OCc1ccc(Cl)c(Br)c1. The zero-order chi connectivity index (χ0) is 13.7. The monoisotopic (exact) mass is 339 g/mol. The first kappa shape index (κ1) is 13.9. The lowest BCUT2D eigenvalue weighted by molar-refractivity contribution is -0.105. The van der Waals surface area contributed by atoms with Gasteiger partial charge in [-0.1, -0.05) is 29.8 Å². The van der Waals surface area contributed by atoms with Crippen molar-refractivity contribution in [1.82, 2.24) is 0 Å². The smallest absolute Gasteiger partial charge is 0.211 e. The van der Waals surface area contributed by atoms with Crippen molar-refractivity contribution >= 4 is 39.6 Å². The highest BCUT2D eigenvalue weighted by atomic mass is 79.9. The van der Waals surface area contributed by atoms with Crippen LogP contribution >= 0.6 is 27.5 Å². The highest BCUT2D eigenvalue weighted by Gasteiger charge is 2.04. The van der Waals surface area contributed by atoms with E-state index in [2.05, 4.69) is 21.2 Å². The van der Waals surface area contributed by atoms with Crippen LogP contribution in [0.2, 0.25) is 5.02 Å². The summed E-state index contributed by atoms with van der Waals surface area (Å²) in [6.45, 7) is 0.396. The summed E-state index contributed by atoms with van der Waals surface area (Å²) in [5.74, 6) is 0.626. The van der Waals surface area contributed by atoms with Gasteiger partial charge in [-0.25, -0.2) is 0 Å². The van der Waals surface area contributed by atoms with Crippen molar-refractivity contribution in [3.05, 3.63) is 57.5 Å². The predicted octanol–water partition coefficient (Wildman–Crippen LogP) is 4.25. The molecule has 0 radical (unpaired) electrons. The quantitative estimate of drug-likeness (QED) is 0.826. The number of amides is 1.